The monoisotopic (exact) mass is 381 g/mol. The average molecular weight is 381 g/mol. The molecule has 3 aromatic rings. The summed E-state index contributed by atoms with van der Waals surface area (Å²) in [5, 5.41) is 4.23. The van der Waals surface area contributed by atoms with Gasteiger partial charge in [-0.15, -0.1) is 0 Å². The molecule has 3 heterocycles. The summed E-state index contributed by atoms with van der Waals surface area (Å²) in [6.07, 6.45) is 2.26. The van der Waals surface area contributed by atoms with E-state index >= 15 is 0 Å². The normalized spacial score (nSPS) is 15.2. The summed E-state index contributed by atoms with van der Waals surface area (Å²) >= 11 is 0. The third-order valence-corrected chi connectivity index (χ3v) is 5.17. The van der Waals surface area contributed by atoms with Gasteiger partial charge >= 0.3 is 0 Å². The van der Waals surface area contributed by atoms with E-state index < -0.39 is 0 Å². The number of nitrogens with one attached hydrogen (secondary N) is 1. The van der Waals surface area contributed by atoms with Crippen LogP contribution in [0, 0.1) is 19.7 Å². The molecule has 3 N–H and O–H groups in total. The van der Waals surface area contributed by atoms with Crippen molar-refractivity contribution in [3.8, 4) is 0 Å². The zero-order chi connectivity index (χ0) is 19.8. The summed E-state index contributed by atoms with van der Waals surface area (Å²) in [6, 6.07) is 5.24. The van der Waals surface area contributed by atoms with Crippen LogP contribution >= 0.6 is 0 Å². The van der Waals surface area contributed by atoms with Gasteiger partial charge in [-0.1, -0.05) is 0 Å². The van der Waals surface area contributed by atoms with Gasteiger partial charge in [0, 0.05) is 29.6 Å². The Balaban J connectivity index is 1.79. The summed E-state index contributed by atoms with van der Waals surface area (Å²) in [5.74, 6) is 1.83. The second-order valence-corrected chi connectivity index (χ2v) is 7.27. The maximum atomic E-state index is 14.1. The van der Waals surface area contributed by atoms with Crippen LogP contribution in [0.3, 0.4) is 0 Å². The van der Waals surface area contributed by atoms with Gasteiger partial charge in [-0.05, 0) is 51.8 Å². The molecular weight excluding hydrogens is 357 g/mol. The fourth-order valence-electron chi connectivity index (χ4n) is 3.70. The fourth-order valence-corrected chi connectivity index (χ4v) is 3.70. The number of pyridine rings is 1. The lowest BCUT2D eigenvalue weighted by atomic mass is 10.0. The van der Waals surface area contributed by atoms with Crippen LogP contribution in [0.4, 0.5) is 22.1 Å². The largest absolute Gasteiger partial charge is 0.368 e. The molecule has 0 unspecified atom stereocenters. The van der Waals surface area contributed by atoms with E-state index in [2.05, 4.69) is 31.2 Å². The van der Waals surface area contributed by atoms with Gasteiger partial charge in [-0.2, -0.15) is 15.0 Å². The number of hydrogen-bond acceptors (Lipinski definition) is 7. The molecule has 7 nitrogen and oxygen atoms in total. The minimum Gasteiger partial charge on any atom is -0.368 e. The number of halogens is 1. The molecule has 0 amide bonds. The van der Waals surface area contributed by atoms with Crippen molar-refractivity contribution in [3.63, 3.8) is 0 Å². The highest BCUT2D eigenvalue weighted by molar-refractivity contribution is 5.85. The number of anilines is 3. The maximum absolute atomic E-state index is 14.1. The number of rotatable bonds is 4. The number of aryl methyl sites for hydroxylation is 2. The molecule has 1 fully saturated rings. The second-order valence-electron chi connectivity index (χ2n) is 7.27. The Morgan fingerprint density at radius 1 is 1.11 bits per heavy atom. The Hall–Kier alpha value is -3.03. The van der Waals surface area contributed by atoms with Gasteiger partial charge in [0.25, 0.3) is 0 Å². The molecule has 0 saturated carbocycles. The molecular formula is C20H24FN7. The number of aromatic nitrogens is 4. The van der Waals surface area contributed by atoms with E-state index in [1.54, 1.807) is 19.9 Å². The van der Waals surface area contributed by atoms with Crippen LogP contribution in [0.1, 0.15) is 42.8 Å². The number of benzene rings is 1. The van der Waals surface area contributed by atoms with E-state index in [0.717, 1.165) is 42.7 Å². The lowest BCUT2D eigenvalue weighted by Gasteiger charge is -2.25. The van der Waals surface area contributed by atoms with Crippen molar-refractivity contribution in [2.24, 2.45) is 0 Å². The number of nitrogens with two attached hydrogens (primary N) is 1. The molecule has 28 heavy (non-hydrogen) atoms. The predicted molar refractivity (Wildman–Crippen MR) is 109 cm³/mol. The Morgan fingerprint density at radius 3 is 2.57 bits per heavy atom. The van der Waals surface area contributed by atoms with Crippen molar-refractivity contribution >= 4 is 28.6 Å². The topological polar surface area (TPSA) is 92.8 Å². The predicted octanol–water partition coefficient (Wildman–Crippen LogP) is 3.53. The van der Waals surface area contributed by atoms with Gasteiger partial charge in [-0.25, -0.2) is 9.37 Å². The van der Waals surface area contributed by atoms with Crippen LogP contribution in [0.15, 0.2) is 18.2 Å². The average Bonchev–Trinajstić information content (AvgIpc) is 3.17. The smallest absolute Gasteiger partial charge is 0.228 e. The minimum absolute atomic E-state index is 0.112. The van der Waals surface area contributed by atoms with Crippen molar-refractivity contribution in [2.45, 2.75) is 39.7 Å². The van der Waals surface area contributed by atoms with Gasteiger partial charge in [-0.3, -0.25) is 0 Å². The van der Waals surface area contributed by atoms with Crippen molar-refractivity contribution in [1.82, 2.24) is 19.9 Å². The van der Waals surface area contributed by atoms with E-state index in [4.69, 9.17) is 10.7 Å². The molecule has 4 rings (SSSR count). The first-order chi connectivity index (χ1) is 13.4. The molecule has 0 bridgehead atoms. The molecule has 1 aromatic carbocycles. The minimum atomic E-state index is -0.234. The Bertz CT molecular complexity index is 1010. The third-order valence-electron chi connectivity index (χ3n) is 5.17. The van der Waals surface area contributed by atoms with Gasteiger partial charge in [0.1, 0.15) is 17.5 Å². The van der Waals surface area contributed by atoms with Crippen LogP contribution in [0.5, 0.6) is 0 Å². The first-order valence-electron chi connectivity index (χ1n) is 9.52. The molecule has 1 aliphatic heterocycles. The first kappa shape index (κ1) is 18.3. The molecule has 8 heteroatoms. The van der Waals surface area contributed by atoms with Gasteiger partial charge < -0.3 is 16.0 Å². The Kier molecular flexibility index (Phi) is 4.70. The summed E-state index contributed by atoms with van der Waals surface area (Å²) in [5.41, 5.74) is 8.06. The van der Waals surface area contributed by atoms with Crippen molar-refractivity contribution < 1.29 is 4.39 Å². The maximum Gasteiger partial charge on any atom is 0.228 e. The molecule has 1 atom stereocenters. The summed E-state index contributed by atoms with van der Waals surface area (Å²) in [4.78, 5) is 19.7. The van der Waals surface area contributed by atoms with Crippen LogP contribution in [0.2, 0.25) is 0 Å². The number of fused-ring (bicyclic) bond motifs is 1. The van der Waals surface area contributed by atoms with Gasteiger partial charge in [0.05, 0.1) is 11.6 Å². The number of nitrogen functional groups attached to an aromatic ring is 1. The fraction of sp³-hybridized carbons (Fsp3) is 0.400. The highest BCUT2D eigenvalue weighted by Crippen LogP contribution is 2.33. The summed E-state index contributed by atoms with van der Waals surface area (Å²) in [6.45, 7) is 7.48. The molecule has 0 aliphatic carbocycles. The Morgan fingerprint density at radius 2 is 1.86 bits per heavy atom. The highest BCUT2D eigenvalue weighted by Gasteiger charge is 2.22. The molecule has 0 spiro atoms. The summed E-state index contributed by atoms with van der Waals surface area (Å²) in [7, 11) is 0. The molecule has 146 valence electrons. The third kappa shape index (κ3) is 3.42. The van der Waals surface area contributed by atoms with Crippen LogP contribution in [-0.2, 0) is 0 Å². The van der Waals surface area contributed by atoms with Gasteiger partial charge in [0.15, 0.2) is 0 Å². The van der Waals surface area contributed by atoms with E-state index in [9.17, 15) is 4.39 Å². The highest BCUT2D eigenvalue weighted by atomic mass is 19.1. The standard InChI is InChI=1S/C20H24FN7/c1-11-16(21)7-6-14-10-15(18(26-17(11)14)28-8-4-5-9-28)12(2)23-20-25-13(3)24-19(22)27-20/h6-7,10,12H,4-5,8-9H2,1-3H3,(H3,22,23,24,25,27)/t12-/m0/s1. The summed E-state index contributed by atoms with van der Waals surface area (Å²) < 4.78 is 14.1. The SMILES string of the molecule is Cc1nc(N)nc(N[C@@H](C)c2cc3ccc(F)c(C)c3nc2N2CCCC2)n1. The quantitative estimate of drug-likeness (QED) is 0.714. The van der Waals surface area contributed by atoms with E-state index in [1.807, 2.05) is 6.92 Å². The van der Waals surface area contributed by atoms with Crippen LogP contribution < -0.4 is 16.0 Å². The molecule has 2 aromatic heterocycles. The van der Waals surface area contributed by atoms with E-state index in [0.29, 0.717) is 22.9 Å². The zero-order valence-corrected chi connectivity index (χ0v) is 16.3. The molecule has 1 aliphatic rings. The van der Waals surface area contributed by atoms with Crippen molar-refractivity contribution in [2.75, 3.05) is 29.0 Å². The van der Waals surface area contributed by atoms with E-state index in [-0.39, 0.29) is 17.8 Å². The Labute approximate surface area is 163 Å². The molecule has 0 radical (unpaired) electrons. The lowest BCUT2D eigenvalue weighted by molar-refractivity contribution is 0.620. The number of hydrogen-bond donors (Lipinski definition) is 2. The van der Waals surface area contributed by atoms with Crippen LogP contribution in [-0.4, -0.2) is 33.0 Å². The number of nitrogens with zero attached hydrogens (tertiary/aromatic N) is 5. The molecule has 1 saturated heterocycles. The van der Waals surface area contributed by atoms with E-state index in [1.165, 1.54) is 6.07 Å². The zero-order valence-electron chi connectivity index (χ0n) is 16.3. The van der Waals surface area contributed by atoms with Crippen molar-refractivity contribution in [1.29, 1.82) is 0 Å². The van der Waals surface area contributed by atoms with Gasteiger partial charge in [0.2, 0.25) is 11.9 Å². The lowest BCUT2D eigenvalue weighted by Crippen LogP contribution is -2.23. The van der Waals surface area contributed by atoms with Crippen molar-refractivity contribution in [3.05, 3.63) is 41.0 Å². The first-order valence-corrected chi connectivity index (χ1v) is 9.52. The van der Waals surface area contributed by atoms with Crippen LogP contribution in [0.25, 0.3) is 10.9 Å². The second kappa shape index (κ2) is 7.18.